The molecule has 6 heteroatoms. The molecule has 2 aromatic carbocycles. The van der Waals surface area contributed by atoms with E-state index in [4.69, 9.17) is 0 Å². The van der Waals surface area contributed by atoms with Crippen LogP contribution >= 0.6 is 0 Å². The highest BCUT2D eigenvalue weighted by Gasteiger charge is 2.22. The third-order valence-electron chi connectivity index (χ3n) is 4.70. The van der Waals surface area contributed by atoms with E-state index in [0.29, 0.717) is 24.3 Å². The number of hydrogen-bond donors (Lipinski definition) is 2. The van der Waals surface area contributed by atoms with Crippen molar-refractivity contribution in [3.8, 4) is 0 Å². The zero-order valence-corrected chi connectivity index (χ0v) is 15.0. The van der Waals surface area contributed by atoms with Crippen molar-refractivity contribution in [2.45, 2.75) is 25.7 Å². The van der Waals surface area contributed by atoms with Gasteiger partial charge in [0, 0.05) is 13.1 Å². The van der Waals surface area contributed by atoms with E-state index in [1.165, 1.54) is 12.1 Å². The van der Waals surface area contributed by atoms with Gasteiger partial charge < -0.3 is 15.3 Å². The Balaban J connectivity index is 1.85. The SMILES string of the molecule is O=C(O)c1ccccc1C(=O)Nc1ccccc1C(=O)N1CCCCCC1. The molecule has 0 radical (unpaired) electrons. The molecule has 0 bridgehead atoms. The molecular weight excluding hydrogens is 344 g/mol. The first-order chi connectivity index (χ1) is 13.1. The lowest BCUT2D eigenvalue weighted by molar-refractivity contribution is 0.0691. The topological polar surface area (TPSA) is 86.7 Å². The van der Waals surface area contributed by atoms with Crippen LogP contribution in [0.25, 0.3) is 0 Å². The molecule has 1 saturated heterocycles. The second-order valence-corrected chi connectivity index (χ2v) is 6.56. The third kappa shape index (κ3) is 4.34. The predicted octanol–water partition coefficient (Wildman–Crippen LogP) is 3.65. The Bertz CT molecular complexity index is 855. The summed E-state index contributed by atoms with van der Waals surface area (Å²) in [7, 11) is 0. The molecule has 1 fully saturated rings. The predicted molar refractivity (Wildman–Crippen MR) is 102 cm³/mol. The second kappa shape index (κ2) is 8.49. The summed E-state index contributed by atoms with van der Waals surface area (Å²) in [5.41, 5.74) is 0.783. The first-order valence-corrected chi connectivity index (χ1v) is 9.10. The summed E-state index contributed by atoms with van der Waals surface area (Å²) in [6, 6.07) is 12.8. The molecular formula is C21H22N2O4. The summed E-state index contributed by atoms with van der Waals surface area (Å²) in [5.74, 6) is -1.84. The fraction of sp³-hybridized carbons (Fsp3) is 0.286. The molecule has 6 nitrogen and oxygen atoms in total. The van der Waals surface area contributed by atoms with Crippen molar-refractivity contribution < 1.29 is 19.5 Å². The second-order valence-electron chi connectivity index (χ2n) is 6.56. The van der Waals surface area contributed by atoms with Crippen molar-refractivity contribution in [1.82, 2.24) is 4.90 Å². The molecule has 3 rings (SSSR count). The van der Waals surface area contributed by atoms with Gasteiger partial charge in [0.15, 0.2) is 0 Å². The molecule has 0 atom stereocenters. The number of carboxylic acids is 1. The van der Waals surface area contributed by atoms with Crippen LogP contribution in [0.3, 0.4) is 0 Å². The number of anilines is 1. The highest BCUT2D eigenvalue weighted by Crippen LogP contribution is 2.21. The number of benzene rings is 2. The zero-order chi connectivity index (χ0) is 19.2. The lowest BCUT2D eigenvalue weighted by Gasteiger charge is -2.22. The van der Waals surface area contributed by atoms with Gasteiger partial charge in [0.25, 0.3) is 11.8 Å². The highest BCUT2D eigenvalue weighted by atomic mass is 16.4. The van der Waals surface area contributed by atoms with Crippen LogP contribution in [0.5, 0.6) is 0 Å². The van der Waals surface area contributed by atoms with E-state index in [1.807, 2.05) is 4.90 Å². The Morgan fingerprint density at radius 1 is 0.778 bits per heavy atom. The standard InChI is InChI=1S/C21H22N2O4/c24-19(15-9-3-4-10-16(15)21(26)27)22-18-12-6-5-11-17(18)20(25)23-13-7-1-2-8-14-23/h3-6,9-12H,1-2,7-8,13-14H2,(H,22,24)(H,26,27). The lowest BCUT2D eigenvalue weighted by atomic mass is 10.1. The molecule has 2 aromatic rings. The van der Waals surface area contributed by atoms with E-state index in [-0.39, 0.29) is 17.0 Å². The zero-order valence-electron chi connectivity index (χ0n) is 15.0. The fourth-order valence-electron chi connectivity index (χ4n) is 3.28. The monoisotopic (exact) mass is 366 g/mol. The maximum atomic E-state index is 12.9. The van der Waals surface area contributed by atoms with E-state index in [9.17, 15) is 19.5 Å². The fourth-order valence-corrected chi connectivity index (χ4v) is 3.28. The maximum absolute atomic E-state index is 12.9. The van der Waals surface area contributed by atoms with Gasteiger partial charge in [-0.1, -0.05) is 37.1 Å². The first-order valence-electron chi connectivity index (χ1n) is 9.10. The van der Waals surface area contributed by atoms with Crippen LogP contribution < -0.4 is 5.32 Å². The van der Waals surface area contributed by atoms with Crippen LogP contribution in [0, 0.1) is 0 Å². The van der Waals surface area contributed by atoms with Crippen molar-refractivity contribution in [3.63, 3.8) is 0 Å². The summed E-state index contributed by atoms with van der Waals surface area (Å²) in [5, 5.41) is 12.0. The Kier molecular flexibility index (Phi) is 5.86. The average molecular weight is 366 g/mol. The van der Waals surface area contributed by atoms with Gasteiger partial charge in [-0.25, -0.2) is 4.79 Å². The minimum atomic E-state index is -1.17. The highest BCUT2D eigenvalue weighted by molar-refractivity contribution is 6.13. The normalized spacial score (nSPS) is 14.3. The summed E-state index contributed by atoms with van der Waals surface area (Å²) in [6.07, 6.45) is 4.20. The van der Waals surface area contributed by atoms with E-state index >= 15 is 0 Å². The number of rotatable bonds is 4. The number of aromatic carboxylic acids is 1. The summed E-state index contributed by atoms with van der Waals surface area (Å²) in [4.78, 5) is 38.8. The number of para-hydroxylation sites is 1. The van der Waals surface area contributed by atoms with Gasteiger partial charge in [-0.05, 0) is 37.1 Å². The molecule has 1 aliphatic heterocycles. The summed E-state index contributed by atoms with van der Waals surface area (Å²) < 4.78 is 0. The first kappa shape index (κ1) is 18.6. The Hall–Kier alpha value is -3.15. The minimum absolute atomic E-state index is 0.0574. The van der Waals surface area contributed by atoms with Crippen LogP contribution in [0.2, 0.25) is 0 Å². The van der Waals surface area contributed by atoms with Crippen LogP contribution in [0.4, 0.5) is 5.69 Å². The third-order valence-corrected chi connectivity index (χ3v) is 4.70. The van der Waals surface area contributed by atoms with Crippen LogP contribution in [-0.2, 0) is 0 Å². The van der Waals surface area contributed by atoms with Crippen molar-refractivity contribution in [1.29, 1.82) is 0 Å². The Morgan fingerprint density at radius 2 is 1.33 bits per heavy atom. The molecule has 2 N–H and O–H groups in total. The average Bonchev–Trinajstić information content (AvgIpc) is 2.97. The van der Waals surface area contributed by atoms with Gasteiger partial charge in [-0.3, -0.25) is 9.59 Å². The van der Waals surface area contributed by atoms with Crippen molar-refractivity contribution in [3.05, 3.63) is 65.2 Å². The molecule has 0 aliphatic carbocycles. The van der Waals surface area contributed by atoms with Crippen LogP contribution in [0.15, 0.2) is 48.5 Å². The molecule has 0 saturated carbocycles. The Labute approximate surface area is 157 Å². The molecule has 0 aromatic heterocycles. The Morgan fingerprint density at radius 3 is 1.96 bits per heavy atom. The molecule has 2 amide bonds. The maximum Gasteiger partial charge on any atom is 0.336 e. The summed E-state index contributed by atoms with van der Waals surface area (Å²) >= 11 is 0. The molecule has 1 heterocycles. The number of amides is 2. The molecule has 0 spiro atoms. The number of likely N-dealkylation sites (tertiary alicyclic amines) is 1. The lowest BCUT2D eigenvalue weighted by Crippen LogP contribution is -2.32. The van der Waals surface area contributed by atoms with Gasteiger partial charge in [0.2, 0.25) is 0 Å². The number of carbonyl (C=O) groups is 3. The van der Waals surface area contributed by atoms with E-state index in [1.54, 1.807) is 36.4 Å². The number of hydrogen-bond acceptors (Lipinski definition) is 3. The molecule has 0 unspecified atom stereocenters. The smallest absolute Gasteiger partial charge is 0.336 e. The minimum Gasteiger partial charge on any atom is -0.478 e. The number of nitrogens with one attached hydrogen (secondary N) is 1. The van der Waals surface area contributed by atoms with Gasteiger partial charge in [-0.15, -0.1) is 0 Å². The summed E-state index contributed by atoms with van der Waals surface area (Å²) in [6.45, 7) is 1.42. The molecule has 140 valence electrons. The van der Waals surface area contributed by atoms with Crippen LogP contribution in [0.1, 0.15) is 56.8 Å². The quantitative estimate of drug-likeness (QED) is 0.865. The van der Waals surface area contributed by atoms with Crippen molar-refractivity contribution >= 4 is 23.5 Å². The van der Waals surface area contributed by atoms with E-state index in [0.717, 1.165) is 25.7 Å². The number of carboxylic acid groups (broad SMARTS) is 1. The van der Waals surface area contributed by atoms with E-state index < -0.39 is 11.9 Å². The van der Waals surface area contributed by atoms with Gasteiger partial charge in [0.1, 0.15) is 0 Å². The van der Waals surface area contributed by atoms with Crippen molar-refractivity contribution in [2.24, 2.45) is 0 Å². The van der Waals surface area contributed by atoms with Crippen LogP contribution in [-0.4, -0.2) is 40.9 Å². The largest absolute Gasteiger partial charge is 0.478 e. The number of nitrogens with zero attached hydrogens (tertiary/aromatic N) is 1. The van der Waals surface area contributed by atoms with Gasteiger partial charge in [0.05, 0.1) is 22.4 Å². The molecule has 27 heavy (non-hydrogen) atoms. The van der Waals surface area contributed by atoms with Crippen molar-refractivity contribution in [2.75, 3.05) is 18.4 Å². The molecule has 1 aliphatic rings. The van der Waals surface area contributed by atoms with Gasteiger partial charge in [-0.2, -0.15) is 0 Å². The number of carbonyl (C=O) groups excluding carboxylic acids is 2. The van der Waals surface area contributed by atoms with E-state index in [2.05, 4.69) is 5.32 Å². The van der Waals surface area contributed by atoms with Gasteiger partial charge >= 0.3 is 5.97 Å².